The summed E-state index contributed by atoms with van der Waals surface area (Å²) >= 11 is 14.0. The average molecular weight is 519 g/mol. The van der Waals surface area contributed by atoms with Crippen molar-refractivity contribution in [3.8, 4) is 38.3 Å². The molecule has 0 atom stereocenters. The van der Waals surface area contributed by atoms with E-state index in [1.54, 1.807) is 36.5 Å². The van der Waals surface area contributed by atoms with Crippen molar-refractivity contribution in [3.63, 3.8) is 0 Å². The first-order valence-corrected chi connectivity index (χ1v) is 11.5. The zero-order valence-electron chi connectivity index (χ0n) is 17.5. The van der Waals surface area contributed by atoms with Crippen LogP contribution in [0.3, 0.4) is 0 Å². The summed E-state index contributed by atoms with van der Waals surface area (Å²) in [6.45, 7) is 0. The van der Waals surface area contributed by atoms with Crippen LogP contribution in [-0.2, 0) is 0 Å². The minimum atomic E-state index is -0.453. The van der Waals surface area contributed by atoms with Crippen molar-refractivity contribution in [2.45, 2.75) is 0 Å². The number of anilines is 1. The minimum absolute atomic E-state index is 0.154. The van der Waals surface area contributed by atoms with Crippen LogP contribution in [0, 0.1) is 11.3 Å². The third-order valence-electron chi connectivity index (χ3n) is 4.91. The van der Waals surface area contributed by atoms with E-state index in [0.29, 0.717) is 53.7 Å². The molecule has 0 aliphatic heterocycles. The molecular weight excluding hydrogens is 507 g/mol. The summed E-state index contributed by atoms with van der Waals surface area (Å²) in [5.41, 5.74) is 2.46. The molecule has 0 bridgehead atoms. The Labute approximate surface area is 212 Å². The van der Waals surface area contributed by atoms with Gasteiger partial charge < -0.3 is 10.3 Å². The molecule has 4 aromatic heterocycles. The third-order valence-corrected chi connectivity index (χ3v) is 6.71. The normalized spacial score (nSPS) is 10.7. The van der Waals surface area contributed by atoms with E-state index in [2.05, 4.69) is 41.5 Å². The zero-order chi connectivity index (χ0) is 24.4. The van der Waals surface area contributed by atoms with Gasteiger partial charge in [-0.3, -0.25) is 9.78 Å². The molecule has 12 heteroatoms. The van der Waals surface area contributed by atoms with Gasteiger partial charge in [0.25, 0.3) is 5.91 Å². The van der Waals surface area contributed by atoms with E-state index < -0.39 is 5.91 Å². The van der Waals surface area contributed by atoms with Crippen LogP contribution in [0.1, 0.15) is 16.1 Å². The predicted molar refractivity (Wildman–Crippen MR) is 133 cm³/mol. The van der Waals surface area contributed by atoms with Crippen molar-refractivity contribution < 1.29 is 4.79 Å². The number of benzene rings is 1. The topological polar surface area (TPSA) is 133 Å². The molecule has 5 rings (SSSR count). The lowest BCUT2D eigenvalue weighted by molar-refractivity contribution is 0.102. The first kappa shape index (κ1) is 22.6. The van der Waals surface area contributed by atoms with Gasteiger partial charge in [0.2, 0.25) is 0 Å². The van der Waals surface area contributed by atoms with Gasteiger partial charge in [-0.25, -0.2) is 9.97 Å². The van der Waals surface area contributed by atoms with Gasteiger partial charge in [-0.05, 0) is 29.8 Å². The molecule has 2 N–H and O–H groups in total. The second-order valence-corrected chi connectivity index (χ2v) is 8.92. The van der Waals surface area contributed by atoms with E-state index in [-0.39, 0.29) is 5.69 Å². The third kappa shape index (κ3) is 4.48. The van der Waals surface area contributed by atoms with Crippen molar-refractivity contribution in [1.29, 1.82) is 5.26 Å². The van der Waals surface area contributed by atoms with Crippen LogP contribution >= 0.6 is 34.5 Å². The maximum absolute atomic E-state index is 12.5. The smallest absolute Gasteiger partial charge is 0.277 e. The largest absolute Gasteiger partial charge is 0.327 e. The number of amides is 1. The quantitative estimate of drug-likeness (QED) is 0.314. The molecule has 1 amide bonds. The number of thiophene rings is 1. The lowest BCUT2D eigenvalue weighted by Gasteiger charge is -2.07. The Balaban J connectivity index is 1.63. The number of halogens is 2. The molecule has 170 valence electrons. The number of H-pyrrole nitrogens is 1. The second kappa shape index (κ2) is 9.60. The van der Waals surface area contributed by atoms with Crippen molar-refractivity contribution in [1.82, 2.24) is 30.1 Å². The zero-order valence-corrected chi connectivity index (χ0v) is 19.9. The Morgan fingerprint density at radius 2 is 1.97 bits per heavy atom. The van der Waals surface area contributed by atoms with E-state index in [4.69, 9.17) is 23.2 Å². The molecule has 5 aromatic rings. The van der Waals surface area contributed by atoms with Crippen LogP contribution in [0.4, 0.5) is 5.82 Å². The standard InChI is InChI=1S/C23H12Cl2N8OS/c24-13-1-2-14(16(25)8-13)19-15(9-26)20(35-21(19)22-30-11-31-33-22)12-3-4-29-18(7-12)32-23(34)17-10-27-5-6-28-17/h1-8,10-11H,(H,29,32,34)(H,30,31,33). The summed E-state index contributed by atoms with van der Waals surface area (Å²) in [7, 11) is 0. The van der Waals surface area contributed by atoms with E-state index in [1.807, 2.05) is 0 Å². The minimum Gasteiger partial charge on any atom is -0.327 e. The highest BCUT2D eigenvalue weighted by atomic mass is 35.5. The number of carbonyl (C=O) groups excluding carboxylic acids is 1. The maximum Gasteiger partial charge on any atom is 0.277 e. The molecule has 0 spiro atoms. The number of hydrogen-bond donors (Lipinski definition) is 2. The first-order valence-electron chi connectivity index (χ1n) is 9.97. The SMILES string of the molecule is N#Cc1c(-c2ccnc(NC(=O)c3cnccn3)c2)sc(-c2nnc[nH]2)c1-c1ccc(Cl)cc1Cl. The Bertz CT molecular complexity index is 1580. The number of hydrogen-bond acceptors (Lipinski definition) is 8. The number of carbonyl (C=O) groups is 1. The van der Waals surface area contributed by atoms with Crippen LogP contribution in [0.5, 0.6) is 0 Å². The number of nitriles is 1. The summed E-state index contributed by atoms with van der Waals surface area (Å²) in [6.07, 6.45) is 7.27. The van der Waals surface area contributed by atoms with Gasteiger partial charge in [-0.2, -0.15) is 5.26 Å². The molecule has 35 heavy (non-hydrogen) atoms. The highest BCUT2D eigenvalue weighted by molar-refractivity contribution is 7.19. The van der Waals surface area contributed by atoms with Gasteiger partial charge in [0.15, 0.2) is 5.82 Å². The number of rotatable bonds is 5. The molecule has 4 heterocycles. The summed E-state index contributed by atoms with van der Waals surface area (Å²) in [6, 6.07) is 10.8. The fourth-order valence-corrected chi connectivity index (χ4v) is 5.12. The Kier molecular flexibility index (Phi) is 6.20. The molecular formula is C23H12Cl2N8OS. The summed E-state index contributed by atoms with van der Waals surface area (Å²) in [5.74, 6) is 0.331. The van der Waals surface area contributed by atoms with Crippen LogP contribution in [-0.4, -0.2) is 36.0 Å². The van der Waals surface area contributed by atoms with E-state index in [0.717, 1.165) is 0 Å². The summed E-state index contributed by atoms with van der Waals surface area (Å²) in [5, 5.41) is 21.8. The van der Waals surface area contributed by atoms with Crippen LogP contribution in [0.25, 0.3) is 32.3 Å². The molecule has 9 nitrogen and oxygen atoms in total. The molecule has 0 aliphatic carbocycles. The summed E-state index contributed by atoms with van der Waals surface area (Å²) in [4.78, 5) is 28.9. The van der Waals surface area contributed by atoms with Crippen molar-refractivity contribution in [2.75, 3.05) is 5.32 Å². The van der Waals surface area contributed by atoms with E-state index in [9.17, 15) is 10.1 Å². The highest BCUT2D eigenvalue weighted by Crippen LogP contribution is 2.48. The number of aromatic amines is 1. The van der Waals surface area contributed by atoms with Gasteiger partial charge in [0.1, 0.15) is 23.9 Å². The van der Waals surface area contributed by atoms with Crippen LogP contribution < -0.4 is 5.32 Å². The van der Waals surface area contributed by atoms with Gasteiger partial charge in [-0.1, -0.05) is 29.3 Å². The molecule has 0 unspecified atom stereocenters. The van der Waals surface area contributed by atoms with E-state index in [1.165, 1.54) is 36.3 Å². The van der Waals surface area contributed by atoms with E-state index >= 15 is 0 Å². The lowest BCUT2D eigenvalue weighted by Crippen LogP contribution is -2.14. The van der Waals surface area contributed by atoms with Gasteiger partial charge in [0.05, 0.1) is 21.5 Å². The molecule has 0 radical (unpaired) electrons. The number of pyridine rings is 1. The Morgan fingerprint density at radius 1 is 1.09 bits per heavy atom. The molecule has 0 fully saturated rings. The Hall–Kier alpha value is -4.17. The van der Waals surface area contributed by atoms with Crippen LogP contribution in [0.2, 0.25) is 10.0 Å². The molecule has 1 aromatic carbocycles. The van der Waals surface area contributed by atoms with Crippen molar-refractivity contribution in [2.24, 2.45) is 0 Å². The molecule has 0 saturated heterocycles. The monoisotopic (exact) mass is 518 g/mol. The molecule has 0 aliphatic rings. The number of nitrogens with one attached hydrogen (secondary N) is 2. The molecule has 0 saturated carbocycles. The number of nitrogens with zero attached hydrogens (tertiary/aromatic N) is 6. The number of aromatic nitrogens is 6. The Morgan fingerprint density at radius 3 is 2.69 bits per heavy atom. The fourth-order valence-electron chi connectivity index (χ4n) is 3.41. The van der Waals surface area contributed by atoms with Gasteiger partial charge in [-0.15, -0.1) is 21.5 Å². The van der Waals surface area contributed by atoms with Crippen molar-refractivity contribution >= 4 is 46.3 Å². The summed E-state index contributed by atoms with van der Waals surface area (Å²) < 4.78 is 0. The van der Waals surface area contributed by atoms with Crippen LogP contribution in [0.15, 0.2) is 61.4 Å². The average Bonchev–Trinajstić information content (AvgIpc) is 3.53. The second-order valence-electron chi connectivity index (χ2n) is 7.06. The fraction of sp³-hybridized carbons (Fsp3) is 0. The first-order chi connectivity index (χ1) is 17.0. The highest BCUT2D eigenvalue weighted by Gasteiger charge is 2.25. The van der Waals surface area contributed by atoms with Gasteiger partial charge in [0, 0.05) is 39.8 Å². The maximum atomic E-state index is 12.5. The lowest BCUT2D eigenvalue weighted by atomic mass is 9.98. The van der Waals surface area contributed by atoms with Crippen molar-refractivity contribution in [3.05, 3.63) is 82.7 Å². The predicted octanol–water partition coefficient (Wildman–Crippen LogP) is 5.48. The van der Waals surface area contributed by atoms with Gasteiger partial charge >= 0.3 is 0 Å².